The number of ether oxygens (including phenoxy) is 1. The van der Waals surface area contributed by atoms with Gasteiger partial charge in [0, 0.05) is 32.2 Å². The van der Waals surface area contributed by atoms with Gasteiger partial charge in [0.2, 0.25) is 0 Å². The fourth-order valence-electron chi connectivity index (χ4n) is 3.03. The Morgan fingerprint density at radius 3 is 2.64 bits per heavy atom. The number of anilines is 1. The van der Waals surface area contributed by atoms with Crippen molar-refractivity contribution in [3.05, 3.63) is 36.0 Å². The lowest BCUT2D eigenvalue weighted by atomic mass is 9.91. The minimum Gasteiger partial charge on any atom is -0.381 e. The largest absolute Gasteiger partial charge is 0.435 e. The number of alkyl halides is 3. The predicted octanol–water partition coefficient (Wildman–Crippen LogP) is 3.29. The van der Waals surface area contributed by atoms with E-state index in [0.717, 1.165) is 31.3 Å². The molecule has 3 rings (SSSR count). The molecule has 0 aliphatic carbocycles. The SMILES string of the molecule is CCn1ccnc1[C@@H](Nc1ccc(C(F)(F)F)nn1)C1CCOCC1. The van der Waals surface area contributed by atoms with Gasteiger partial charge in [-0.3, -0.25) is 0 Å². The molecular formula is C16H20F3N5O. The molecule has 0 radical (unpaired) electrons. The molecule has 9 heteroatoms. The summed E-state index contributed by atoms with van der Waals surface area (Å²) in [5.41, 5.74) is -1.00. The van der Waals surface area contributed by atoms with E-state index in [1.165, 1.54) is 6.07 Å². The Hall–Kier alpha value is -2.16. The Kier molecular flexibility index (Phi) is 5.22. The third kappa shape index (κ3) is 4.09. The maximum absolute atomic E-state index is 12.6. The molecule has 3 heterocycles. The van der Waals surface area contributed by atoms with Crippen molar-refractivity contribution in [2.75, 3.05) is 18.5 Å². The van der Waals surface area contributed by atoms with Crippen LogP contribution < -0.4 is 5.32 Å². The molecule has 0 unspecified atom stereocenters. The highest BCUT2D eigenvalue weighted by atomic mass is 19.4. The van der Waals surface area contributed by atoms with Crippen molar-refractivity contribution in [2.45, 2.75) is 38.5 Å². The van der Waals surface area contributed by atoms with E-state index in [2.05, 4.69) is 20.5 Å². The van der Waals surface area contributed by atoms with Gasteiger partial charge in [-0.25, -0.2) is 4.98 Å². The van der Waals surface area contributed by atoms with E-state index in [0.29, 0.717) is 19.0 Å². The zero-order valence-electron chi connectivity index (χ0n) is 13.8. The van der Waals surface area contributed by atoms with Crippen molar-refractivity contribution in [1.29, 1.82) is 0 Å². The van der Waals surface area contributed by atoms with Crippen molar-refractivity contribution in [3.63, 3.8) is 0 Å². The maximum atomic E-state index is 12.6. The fourth-order valence-corrected chi connectivity index (χ4v) is 3.03. The van der Waals surface area contributed by atoms with Gasteiger partial charge in [-0.1, -0.05) is 0 Å². The quantitative estimate of drug-likeness (QED) is 0.892. The lowest BCUT2D eigenvalue weighted by Crippen LogP contribution is -2.29. The molecule has 1 fully saturated rings. The van der Waals surface area contributed by atoms with Gasteiger partial charge in [0.25, 0.3) is 0 Å². The van der Waals surface area contributed by atoms with Crippen LogP contribution in [0.3, 0.4) is 0 Å². The van der Waals surface area contributed by atoms with Crippen LogP contribution in [0.2, 0.25) is 0 Å². The predicted molar refractivity (Wildman–Crippen MR) is 84.8 cm³/mol. The number of halogens is 3. The summed E-state index contributed by atoms with van der Waals surface area (Å²) in [5, 5.41) is 10.2. The fraction of sp³-hybridized carbons (Fsp3) is 0.562. The molecule has 6 nitrogen and oxygen atoms in total. The second-order valence-corrected chi connectivity index (χ2v) is 5.94. The number of rotatable bonds is 5. The molecule has 0 amide bonds. The van der Waals surface area contributed by atoms with Gasteiger partial charge >= 0.3 is 6.18 Å². The summed E-state index contributed by atoms with van der Waals surface area (Å²) in [4.78, 5) is 4.45. The zero-order valence-corrected chi connectivity index (χ0v) is 13.8. The van der Waals surface area contributed by atoms with Gasteiger partial charge in [0.15, 0.2) is 5.69 Å². The standard InChI is InChI=1S/C16H20F3N5O/c1-2-24-8-7-20-15(24)14(11-5-9-25-10-6-11)21-13-4-3-12(22-23-13)16(17,18)19/h3-4,7-8,11,14H,2,5-6,9-10H2,1H3,(H,21,23)/t14-/m0/s1. The van der Waals surface area contributed by atoms with Crippen molar-refractivity contribution in [1.82, 2.24) is 19.7 Å². The number of nitrogens with zero attached hydrogens (tertiary/aromatic N) is 4. The van der Waals surface area contributed by atoms with Crippen LogP contribution in [0, 0.1) is 5.92 Å². The first kappa shape index (κ1) is 17.7. The van der Waals surface area contributed by atoms with Crippen molar-refractivity contribution < 1.29 is 17.9 Å². The Bertz CT molecular complexity index is 680. The normalized spacial score (nSPS) is 17.4. The molecule has 0 saturated carbocycles. The Labute approximate surface area is 143 Å². The van der Waals surface area contributed by atoms with E-state index in [4.69, 9.17) is 4.74 Å². The lowest BCUT2D eigenvalue weighted by molar-refractivity contribution is -0.141. The number of nitrogens with one attached hydrogen (secondary N) is 1. The summed E-state index contributed by atoms with van der Waals surface area (Å²) in [5.74, 6) is 1.40. The van der Waals surface area contributed by atoms with Crippen LogP contribution >= 0.6 is 0 Å². The average molecular weight is 355 g/mol. The number of hydrogen-bond acceptors (Lipinski definition) is 5. The first-order valence-electron chi connectivity index (χ1n) is 8.25. The lowest BCUT2D eigenvalue weighted by Gasteiger charge is -2.31. The van der Waals surface area contributed by atoms with Crippen LogP contribution in [0.5, 0.6) is 0 Å². The molecular weight excluding hydrogens is 335 g/mol. The molecule has 0 bridgehead atoms. The number of hydrogen-bond donors (Lipinski definition) is 1. The Balaban J connectivity index is 1.84. The van der Waals surface area contributed by atoms with Gasteiger partial charge in [0.05, 0.1) is 6.04 Å². The second-order valence-electron chi connectivity index (χ2n) is 5.94. The molecule has 0 spiro atoms. The number of aryl methyl sites for hydroxylation is 1. The molecule has 1 atom stereocenters. The second kappa shape index (κ2) is 7.38. The smallest absolute Gasteiger partial charge is 0.381 e. The monoisotopic (exact) mass is 355 g/mol. The van der Waals surface area contributed by atoms with Crippen molar-refractivity contribution in [3.8, 4) is 0 Å². The molecule has 1 aliphatic heterocycles. The van der Waals surface area contributed by atoms with Crippen LogP contribution in [-0.4, -0.2) is 33.0 Å². The highest BCUT2D eigenvalue weighted by Crippen LogP contribution is 2.33. The molecule has 1 saturated heterocycles. The first-order valence-corrected chi connectivity index (χ1v) is 8.25. The van der Waals surface area contributed by atoms with E-state index in [-0.39, 0.29) is 12.0 Å². The molecule has 2 aromatic heterocycles. The van der Waals surface area contributed by atoms with Gasteiger partial charge in [0.1, 0.15) is 11.6 Å². The molecule has 1 aliphatic rings. The first-order chi connectivity index (χ1) is 12.0. The minimum absolute atomic E-state index is 0.162. The van der Waals surface area contributed by atoms with Crippen LogP contribution in [0.25, 0.3) is 0 Å². The highest BCUT2D eigenvalue weighted by Gasteiger charge is 2.33. The van der Waals surface area contributed by atoms with E-state index in [9.17, 15) is 13.2 Å². The van der Waals surface area contributed by atoms with Crippen LogP contribution in [0.15, 0.2) is 24.5 Å². The third-order valence-electron chi connectivity index (χ3n) is 4.36. The van der Waals surface area contributed by atoms with E-state index < -0.39 is 11.9 Å². The summed E-state index contributed by atoms with van der Waals surface area (Å²) in [6.45, 7) is 4.10. The van der Waals surface area contributed by atoms with Crippen LogP contribution in [-0.2, 0) is 17.5 Å². The van der Waals surface area contributed by atoms with Crippen molar-refractivity contribution in [2.24, 2.45) is 5.92 Å². The van der Waals surface area contributed by atoms with E-state index in [1.807, 2.05) is 17.7 Å². The van der Waals surface area contributed by atoms with E-state index in [1.54, 1.807) is 6.20 Å². The molecule has 0 aromatic carbocycles. The van der Waals surface area contributed by atoms with Crippen LogP contribution in [0.1, 0.15) is 37.3 Å². The minimum atomic E-state index is -4.50. The topological polar surface area (TPSA) is 64.9 Å². The summed E-state index contributed by atoms with van der Waals surface area (Å²) < 4.78 is 45.4. The van der Waals surface area contributed by atoms with Gasteiger partial charge in [-0.2, -0.15) is 13.2 Å². The van der Waals surface area contributed by atoms with Gasteiger partial charge in [-0.05, 0) is 37.8 Å². The highest BCUT2D eigenvalue weighted by molar-refractivity contribution is 5.36. The third-order valence-corrected chi connectivity index (χ3v) is 4.36. The zero-order chi connectivity index (χ0) is 17.9. The molecule has 25 heavy (non-hydrogen) atoms. The Morgan fingerprint density at radius 1 is 1.28 bits per heavy atom. The van der Waals surface area contributed by atoms with E-state index >= 15 is 0 Å². The summed E-state index contributed by atoms with van der Waals surface area (Å²) in [6.07, 6.45) is 0.821. The van der Waals surface area contributed by atoms with Gasteiger partial charge in [-0.15, -0.1) is 10.2 Å². The average Bonchev–Trinajstić information content (AvgIpc) is 3.08. The molecule has 2 aromatic rings. The van der Waals surface area contributed by atoms with Gasteiger partial charge < -0.3 is 14.6 Å². The molecule has 136 valence electrons. The maximum Gasteiger partial charge on any atom is 0.435 e. The molecule has 1 N–H and O–H groups in total. The van der Waals surface area contributed by atoms with Crippen LogP contribution in [0.4, 0.5) is 19.0 Å². The summed E-state index contributed by atoms with van der Waals surface area (Å²) in [6, 6.07) is 2.08. The summed E-state index contributed by atoms with van der Waals surface area (Å²) in [7, 11) is 0. The van der Waals surface area contributed by atoms with Crippen molar-refractivity contribution >= 4 is 5.82 Å². The Morgan fingerprint density at radius 2 is 2.04 bits per heavy atom. The number of aromatic nitrogens is 4. The summed E-state index contributed by atoms with van der Waals surface area (Å²) >= 11 is 0. The number of imidazole rings is 1.